The Labute approximate surface area is 211 Å². The van der Waals surface area contributed by atoms with Crippen LogP contribution in [0.4, 0.5) is 9.18 Å². The molecule has 194 valence electrons. The summed E-state index contributed by atoms with van der Waals surface area (Å²) in [5.74, 6) is -2.32. The Bertz CT molecular complexity index is 902. The molecule has 12 heteroatoms. The second-order valence-electron chi connectivity index (χ2n) is 7.98. The highest BCUT2D eigenvalue weighted by molar-refractivity contribution is 7.99. The molecule has 0 aliphatic heterocycles. The summed E-state index contributed by atoms with van der Waals surface area (Å²) in [4.78, 5) is 37.4. The largest absolute Gasteiger partial charge is 0.511 e. The molecule has 0 radical (unpaired) electrons. The average Bonchev–Trinajstić information content (AvgIpc) is 3.40. The number of esters is 2. The molecule has 5 atom stereocenters. The minimum absolute atomic E-state index is 0.000519. The fraction of sp³-hybridized carbons (Fsp3) is 0.609. The summed E-state index contributed by atoms with van der Waals surface area (Å²) in [6.07, 6.45) is -0.312. The molecule has 35 heavy (non-hydrogen) atoms. The summed E-state index contributed by atoms with van der Waals surface area (Å²) in [5.41, 5.74) is 0. The third kappa shape index (κ3) is 7.45. The molecular weight excluding hydrogens is 507 g/mol. The van der Waals surface area contributed by atoms with Crippen LogP contribution in [0.25, 0.3) is 0 Å². The smallest absolute Gasteiger partial charge is 0.438 e. The molecule has 0 amide bonds. The van der Waals surface area contributed by atoms with Crippen molar-refractivity contribution in [2.75, 3.05) is 39.3 Å². The molecule has 9 nitrogen and oxygen atoms in total. The van der Waals surface area contributed by atoms with E-state index >= 15 is 0 Å². The lowest BCUT2D eigenvalue weighted by molar-refractivity contribution is -0.174. The summed E-state index contributed by atoms with van der Waals surface area (Å²) in [6, 6.07) is 4.46. The fourth-order valence-corrected chi connectivity index (χ4v) is 5.75. The van der Waals surface area contributed by atoms with Crippen molar-refractivity contribution in [1.82, 2.24) is 0 Å². The third-order valence-electron chi connectivity index (χ3n) is 5.92. The maximum absolute atomic E-state index is 13.4. The Morgan fingerprint density at radius 1 is 0.971 bits per heavy atom. The van der Waals surface area contributed by atoms with Gasteiger partial charge in [0.2, 0.25) is 6.79 Å². The SMILES string of the molecule is CCOCOCOC(=O)C1C(CSc2ccc(F)c(Cl)c2)CC2C(C(=O)OCOC(=O)OCC)C21. The number of carbonyl (C=O) groups excluding carboxylic acids is 3. The lowest BCUT2D eigenvalue weighted by Crippen LogP contribution is -2.30. The molecule has 1 aromatic rings. The summed E-state index contributed by atoms with van der Waals surface area (Å²) >= 11 is 7.32. The van der Waals surface area contributed by atoms with Crippen LogP contribution in [0.1, 0.15) is 20.3 Å². The van der Waals surface area contributed by atoms with Crippen LogP contribution in [0.3, 0.4) is 0 Å². The topological polar surface area (TPSA) is 107 Å². The lowest BCUT2D eigenvalue weighted by Gasteiger charge is -2.22. The van der Waals surface area contributed by atoms with Crippen LogP contribution in [0.15, 0.2) is 23.1 Å². The van der Waals surface area contributed by atoms with E-state index in [4.69, 9.17) is 30.5 Å². The number of hydrogen-bond acceptors (Lipinski definition) is 10. The molecule has 2 fully saturated rings. The highest BCUT2D eigenvalue weighted by Crippen LogP contribution is 2.64. The van der Waals surface area contributed by atoms with Crippen molar-refractivity contribution >= 4 is 41.5 Å². The van der Waals surface area contributed by atoms with Crippen molar-refractivity contribution in [3.05, 3.63) is 29.0 Å². The van der Waals surface area contributed by atoms with E-state index < -0.39 is 42.5 Å². The first kappa shape index (κ1) is 27.5. The van der Waals surface area contributed by atoms with Gasteiger partial charge in [-0.05, 0) is 56.2 Å². The van der Waals surface area contributed by atoms with Gasteiger partial charge in [-0.2, -0.15) is 0 Å². The lowest BCUT2D eigenvalue weighted by atomic mass is 9.90. The van der Waals surface area contributed by atoms with E-state index in [1.807, 2.05) is 6.92 Å². The molecule has 0 N–H and O–H groups in total. The van der Waals surface area contributed by atoms with Gasteiger partial charge in [-0.25, -0.2) is 9.18 Å². The van der Waals surface area contributed by atoms with Crippen molar-refractivity contribution in [3.63, 3.8) is 0 Å². The van der Waals surface area contributed by atoms with Gasteiger partial charge in [-0.3, -0.25) is 9.59 Å². The number of halogens is 2. The number of ether oxygens (including phenoxy) is 6. The van der Waals surface area contributed by atoms with Crippen molar-refractivity contribution < 1.29 is 47.2 Å². The van der Waals surface area contributed by atoms with E-state index in [9.17, 15) is 18.8 Å². The Balaban J connectivity index is 1.57. The quantitative estimate of drug-likeness (QED) is 0.120. The predicted octanol–water partition coefficient (Wildman–Crippen LogP) is 4.25. The number of fused-ring (bicyclic) bond motifs is 1. The van der Waals surface area contributed by atoms with E-state index in [0.717, 1.165) is 4.90 Å². The first-order valence-electron chi connectivity index (χ1n) is 11.2. The predicted molar refractivity (Wildman–Crippen MR) is 122 cm³/mol. The zero-order valence-electron chi connectivity index (χ0n) is 19.4. The van der Waals surface area contributed by atoms with Crippen molar-refractivity contribution in [2.24, 2.45) is 29.6 Å². The molecule has 0 heterocycles. The summed E-state index contributed by atoms with van der Waals surface area (Å²) in [7, 11) is 0. The van der Waals surface area contributed by atoms with E-state index in [2.05, 4.69) is 9.47 Å². The Morgan fingerprint density at radius 3 is 2.43 bits per heavy atom. The number of hydrogen-bond donors (Lipinski definition) is 0. The highest BCUT2D eigenvalue weighted by atomic mass is 35.5. The van der Waals surface area contributed by atoms with Gasteiger partial charge in [0.25, 0.3) is 0 Å². The van der Waals surface area contributed by atoms with Gasteiger partial charge in [0.15, 0.2) is 13.6 Å². The van der Waals surface area contributed by atoms with E-state index in [0.29, 0.717) is 18.8 Å². The highest BCUT2D eigenvalue weighted by Gasteiger charge is 2.67. The molecule has 2 saturated carbocycles. The minimum atomic E-state index is -0.928. The molecule has 0 spiro atoms. The van der Waals surface area contributed by atoms with Crippen LogP contribution in [0.2, 0.25) is 5.02 Å². The van der Waals surface area contributed by atoms with Gasteiger partial charge < -0.3 is 28.4 Å². The number of carbonyl (C=O) groups is 3. The van der Waals surface area contributed by atoms with Crippen molar-refractivity contribution in [2.45, 2.75) is 25.2 Å². The number of benzene rings is 1. The normalized spacial score (nSPS) is 24.4. The molecule has 0 aromatic heterocycles. The van der Waals surface area contributed by atoms with Crippen LogP contribution < -0.4 is 0 Å². The first-order chi connectivity index (χ1) is 16.9. The van der Waals surface area contributed by atoms with E-state index in [-0.39, 0.29) is 43.0 Å². The van der Waals surface area contributed by atoms with Gasteiger partial charge >= 0.3 is 18.1 Å². The van der Waals surface area contributed by atoms with Gasteiger partial charge in [0.1, 0.15) is 5.82 Å². The van der Waals surface area contributed by atoms with Crippen molar-refractivity contribution in [1.29, 1.82) is 0 Å². The molecule has 2 aliphatic rings. The Hall–Kier alpha value is -2.08. The third-order valence-corrected chi connectivity index (χ3v) is 7.39. The van der Waals surface area contributed by atoms with Crippen LogP contribution in [0.5, 0.6) is 0 Å². The van der Waals surface area contributed by atoms with Crippen LogP contribution >= 0.6 is 23.4 Å². The van der Waals surface area contributed by atoms with E-state index in [1.54, 1.807) is 13.0 Å². The summed E-state index contributed by atoms with van der Waals surface area (Å²) in [6.45, 7) is 3.23. The van der Waals surface area contributed by atoms with Gasteiger partial charge in [0.05, 0.1) is 23.5 Å². The zero-order chi connectivity index (χ0) is 25.4. The second-order valence-corrected chi connectivity index (χ2v) is 9.48. The van der Waals surface area contributed by atoms with Gasteiger partial charge in [-0.1, -0.05) is 11.6 Å². The molecule has 0 bridgehead atoms. The molecule has 2 aliphatic carbocycles. The standard InChI is InChI=1S/C23H28ClFO9S/c1-3-29-10-30-11-32-21(26)18-13(9-35-14-5-6-17(25)16(24)8-14)7-15-19(18)20(15)22(27)33-12-34-23(28)31-4-2/h5-6,8,13,15,18-20H,3-4,7,9-12H2,1-2H3. The number of thioether (sulfide) groups is 1. The minimum Gasteiger partial charge on any atom is -0.438 e. The van der Waals surface area contributed by atoms with E-state index in [1.165, 1.54) is 23.9 Å². The van der Waals surface area contributed by atoms with Crippen LogP contribution in [-0.4, -0.2) is 57.4 Å². The molecule has 3 rings (SSSR count). The Kier molecular flexibility index (Phi) is 10.4. The van der Waals surface area contributed by atoms with Gasteiger partial charge in [-0.15, -0.1) is 11.8 Å². The zero-order valence-corrected chi connectivity index (χ0v) is 21.0. The molecular formula is C23H28ClFO9S. The maximum atomic E-state index is 13.4. The second kappa shape index (κ2) is 13.3. The summed E-state index contributed by atoms with van der Waals surface area (Å²) in [5, 5.41) is 0.0273. The Morgan fingerprint density at radius 2 is 1.71 bits per heavy atom. The van der Waals surface area contributed by atoms with Crippen LogP contribution in [0, 0.1) is 35.4 Å². The van der Waals surface area contributed by atoms with Crippen molar-refractivity contribution in [3.8, 4) is 0 Å². The first-order valence-corrected chi connectivity index (χ1v) is 12.6. The van der Waals surface area contributed by atoms with Crippen LogP contribution in [-0.2, 0) is 38.0 Å². The average molecular weight is 535 g/mol. The molecule has 0 saturated heterocycles. The molecule has 1 aromatic carbocycles. The monoisotopic (exact) mass is 534 g/mol. The summed E-state index contributed by atoms with van der Waals surface area (Å²) < 4.78 is 43.3. The fourth-order valence-electron chi connectivity index (χ4n) is 4.39. The number of rotatable bonds is 13. The maximum Gasteiger partial charge on any atom is 0.511 e. The van der Waals surface area contributed by atoms with Gasteiger partial charge in [0, 0.05) is 17.3 Å². The molecule has 5 unspecified atom stereocenters.